The van der Waals surface area contributed by atoms with E-state index in [4.69, 9.17) is 0 Å². The van der Waals surface area contributed by atoms with E-state index in [1.165, 1.54) is 11.1 Å². The Morgan fingerprint density at radius 3 is 2.53 bits per heavy atom. The van der Waals surface area contributed by atoms with Crippen molar-refractivity contribution in [2.24, 2.45) is 0 Å². The fraction of sp³-hybridized carbons (Fsp3) is 0.429. The molecule has 1 aromatic rings. The molecule has 82 valence electrons. The number of benzene rings is 1. The molecule has 1 nitrogen and oxygen atoms in total. The molecule has 0 radical (unpaired) electrons. The van der Waals surface area contributed by atoms with Crippen LogP contribution in [-0.4, -0.2) is 13.1 Å². The second-order valence-electron chi connectivity index (χ2n) is 4.04. The Labute approximate surface area is 93.2 Å². The van der Waals surface area contributed by atoms with Gasteiger partial charge in [0.15, 0.2) is 0 Å². The highest BCUT2D eigenvalue weighted by molar-refractivity contribution is 5.22. The van der Waals surface area contributed by atoms with Crippen LogP contribution in [0.25, 0.3) is 0 Å². The van der Waals surface area contributed by atoms with Crippen LogP contribution in [0.2, 0.25) is 0 Å². The van der Waals surface area contributed by atoms with E-state index in [0.29, 0.717) is 6.04 Å². The molecule has 0 aromatic heterocycles. The molecule has 0 aliphatic rings. The second-order valence-corrected chi connectivity index (χ2v) is 4.04. The summed E-state index contributed by atoms with van der Waals surface area (Å²) in [5, 5.41) is 3.35. The lowest BCUT2D eigenvalue weighted by molar-refractivity contribution is 0.525. The summed E-state index contributed by atoms with van der Waals surface area (Å²) in [6.45, 7) is 5.88. The first-order valence-corrected chi connectivity index (χ1v) is 5.60. The Morgan fingerprint density at radius 2 is 2.00 bits per heavy atom. The monoisotopic (exact) mass is 203 g/mol. The van der Waals surface area contributed by atoms with E-state index in [1.54, 1.807) is 0 Å². The average Bonchev–Trinajstić information content (AvgIpc) is 2.27. The van der Waals surface area contributed by atoms with Crippen molar-refractivity contribution in [3.05, 3.63) is 48.0 Å². The van der Waals surface area contributed by atoms with Gasteiger partial charge in [0.05, 0.1) is 0 Å². The van der Waals surface area contributed by atoms with E-state index in [-0.39, 0.29) is 0 Å². The molecule has 1 atom stereocenters. The minimum Gasteiger partial charge on any atom is -0.317 e. The molecular formula is C14H21N. The van der Waals surface area contributed by atoms with Crippen molar-refractivity contribution >= 4 is 0 Å². The maximum atomic E-state index is 3.76. The molecule has 1 aromatic carbocycles. The Kier molecular flexibility index (Phi) is 5.13. The van der Waals surface area contributed by atoms with Crippen molar-refractivity contribution < 1.29 is 0 Å². The zero-order valence-electron chi connectivity index (χ0n) is 9.79. The summed E-state index contributed by atoms with van der Waals surface area (Å²) in [7, 11) is 2.03. The molecule has 0 aliphatic heterocycles. The van der Waals surface area contributed by atoms with E-state index in [1.807, 2.05) is 13.1 Å². The summed E-state index contributed by atoms with van der Waals surface area (Å²) in [6.07, 6.45) is 5.33. The minimum absolute atomic E-state index is 0.561. The Balaban J connectivity index is 2.50. The molecule has 0 saturated heterocycles. The molecule has 0 saturated carbocycles. The van der Waals surface area contributed by atoms with Crippen LogP contribution >= 0.6 is 0 Å². The number of nitrogens with one attached hydrogen (secondary N) is 1. The molecule has 1 N–H and O–H groups in total. The number of aryl methyl sites for hydroxylation is 1. The van der Waals surface area contributed by atoms with E-state index in [2.05, 4.69) is 43.1 Å². The summed E-state index contributed by atoms with van der Waals surface area (Å²) in [5.74, 6) is 0. The fourth-order valence-corrected chi connectivity index (χ4v) is 1.68. The van der Waals surface area contributed by atoms with Gasteiger partial charge in [0.2, 0.25) is 0 Å². The number of allylic oxidation sites excluding steroid dienone is 1. The molecule has 0 spiro atoms. The largest absolute Gasteiger partial charge is 0.317 e. The van der Waals surface area contributed by atoms with Gasteiger partial charge in [0.1, 0.15) is 0 Å². The third kappa shape index (κ3) is 4.30. The standard InChI is InChI=1S/C14H21N/c1-4-5-6-14(15-3)11-13-9-7-12(2)8-10-13/h4,7-10,14-15H,1,5-6,11H2,2-3H3. The quantitative estimate of drug-likeness (QED) is 0.701. The Morgan fingerprint density at radius 1 is 1.33 bits per heavy atom. The number of rotatable bonds is 6. The maximum absolute atomic E-state index is 3.76. The van der Waals surface area contributed by atoms with Crippen molar-refractivity contribution in [1.82, 2.24) is 5.32 Å². The third-order valence-electron chi connectivity index (χ3n) is 2.73. The van der Waals surface area contributed by atoms with Crippen LogP contribution in [-0.2, 0) is 6.42 Å². The first kappa shape index (κ1) is 12.0. The highest BCUT2D eigenvalue weighted by Gasteiger charge is 2.05. The summed E-state index contributed by atoms with van der Waals surface area (Å²) < 4.78 is 0. The predicted octanol–water partition coefficient (Wildman–Crippen LogP) is 3.09. The van der Waals surface area contributed by atoms with Gasteiger partial charge in [-0.1, -0.05) is 35.9 Å². The van der Waals surface area contributed by atoms with Gasteiger partial charge < -0.3 is 5.32 Å². The van der Waals surface area contributed by atoms with Crippen LogP contribution in [0.15, 0.2) is 36.9 Å². The van der Waals surface area contributed by atoms with Crippen molar-refractivity contribution in [1.29, 1.82) is 0 Å². The summed E-state index contributed by atoms with van der Waals surface area (Å²) >= 11 is 0. The first-order chi connectivity index (χ1) is 7.26. The van der Waals surface area contributed by atoms with Crippen LogP contribution in [0.4, 0.5) is 0 Å². The van der Waals surface area contributed by atoms with Crippen molar-refractivity contribution in [2.75, 3.05) is 7.05 Å². The van der Waals surface area contributed by atoms with Gasteiger partial charge in [-0.3, -0.25) is 0 Å². The van der Waals surface area contributed by atoms with E-state index in [0.717, 1.165) is 19.3 Å². The lowest BCUT2D eigenvalue weighted by Gasteiger charge is -2.15. The zero-order chi connectivity index (χ0) is 11.1. The lowest BCUT2D eigenvalue weighted by atomic mass is 10.0. The molecule has 0 amide bonds. The van der Waals surface area contributed by atoms with Gasteiger partial charge in [-0.2, -0.15) is 0 Å². The maximum Gasteiger partial charge on any atom is 0.0107 e. The van der Waals surface area contributed by atoms with E-state index >= 15 is 0 Å². The van der Waals surface area contributed by atoms with E-state index in [9.17, 15) is 0 Å². The Hall–Kier alpha value is -1.08. The average molecular weight is 203 g/mol. The summed E-state index contributed by atoms with van der Waals surface area (Å²) in [5.41, 5.74) is 2.73. The predicted molar refractivity (Wildman–Crippen MR) is 67.2 cm³/mol. The smallest absolute Gasteiger partial charge is 0.0107 e. The van der Waals surface area contributed by atoms with Crippen LogP contribution in [0, 0.1) is 6.92 Å². The van der Waals surface area contributed by atoms with Crippen molar-refractivity contribution in [3.63, 3.8) is 0 Å². The van der Waals surface area contributed by atoms with Crippen molar-refractivity contribution in [3.8, 4) is 0 Å². The summed E-state index contributed by atoms with van der Waals surface area (Å²) in [4.78, 5) is 0. The highest BCUT2D eigenvalue weighted by atomic mass is 14.9. The third-order valence-corrected chi connectivity index (χ3v) is 2.73. The molecular weight excluding hydrogens is 182 g/mol. The molecule has 1 unspecified atom stereocenters. The topological polar surface area (TPSA) is 12.0 Å². The zero-order valence-corrected chi connectivity index (χ0v) is 9.79. The van der Waals surface area contributed by atoms with Gasteiger partial charge >= 0.3 is 0 Å². The number of hydrogen-bond acceptors (Lipinski definition) is 1. The molecule has 0 aliphatic carbocycles. The highest BCUT2D eigenvalue weighted by Crippen LogP contribution is 2.09. The molecule has 0 heterocycles. The van der Waals surface area contributed by atoms with Gasteiger partial charge in [0, 0.05) is 6.04 Å². The number of hydrogen-bond donors (Lipinski definition) is 1. The molecule has 0 bridgehead atoms. The molecule has 1 rings (SSSR count). The van der Waals surface area contributed by atoms with Crippen LogP contribution in [0.1, 0.15) is 24.0 Å². The van der Waals surface area contributed by atoms with Crippen molar-refractivity contribution in [2.45, 2.75) is 32.2 Å². The van der Waals surface area contributed by atoms with Crippen LogP contribution < -0.4 is 5.32 Å². The first-order valence-electron chi connectivity index (χ1n) is 5.60. The van der Waals surface area contributed by atoms with Crippen LogP contribution in [0.3, 0.4) is 0 Å². The molecule has 1 heteroatoms. The van der Waals surface area contributed by atoms with E-state index < -0.39 is 0 Å². The van der Waals surface area contributed by atoms with Crippen LogP contribution in [0.5, 0.6) is 0 Å². The lowest BCUT2D eigenvalue weighted by Crippen LogP contribution is -2.27. The second kappa shape index (κ2) is 6.41. The summed E-state index contributed by atoms with van der Waals surface area (Å²) in [6, 6.07) is 9.34. The van der Waals surface area contributed by atoms with Gasteiger partial charge in [-0.15, -0.1) is 6.58 Å². The minimum atomic E-state index is 0.561. The molecule has 15 heavy (non-hydrogen) atoms. The normalized spacial score (nSPS) is 12.4. The molecule has 0 fully saturated rings. The van der Waals surface area contributed by atoms with Gasteiger partial charge in [0.25, 0.3) is 0 Å². The number of likely N-dealkylation sites (N-methyl/N-ethyl adjacent to an activating group) is 1. The SMILES string of the molecule is C=CCCC(Cc1ccc(C)cc1)NC. The Bertz CT molecular complexity index is 287. The van der Waals surface area contributed by atoms with Gasteiger partial charge in [-0.25, -0.2) is 0 Å². The fourth-order valence-electron chi connectivity index (χ4n) is 1.68. The van der Waals surface area contributed by atoms with Gasteiger partial charge in [-0.05, 0) is 38.8 Å².